The smallest absolute Gasteiger partial charge is 0.238 e. The van der Waals surface area contributed by atoms with Crippen LogP contribution in [0.25, 0.3) is 0 Å². The first-order valence-corrected chi connectivity index (χ1v) is 2.89. The van der Waals surface area contributed by atoms with E-state index in [1.165, 1.54) is 0 Å². The highest BCUT2D eigenvalue weighted by atomic mass is 16.2. The molecule has 0 saturated carbocycles. The van der Waals surface area contributed by atoms with Gasteiger partial charge in [-0.05, 0) is 0 Å². The minimum atomic E-state index is -0.708. The monoisotopic (exact) mass is 145 g/mol. The highest BCUT2D eigenvalue weighted by molar-refractivity contribution is 5.83. The molecule has 0 saturated heterocycles. The molecule has 0 unspecified atom stereocenters. The van der Waals surface area contributed by atoms with Gasteiger partial charge in [0.1, 0.15) is 6.29 Å². The molecule has 0 aromatic carbocycles. The molecule has 5 nitrogen and oxygen atoms in total. The predicted octanol–water partition coefficient (Wildman–Crippen LogP) is -2.41. The molecule has 58 valence electrons. The fourth-order valence-corrected chi connectivity index (χ4v) is 0.380. The summed E-state index contributed by atoms with van der Waals surface area (Å²) in [5.74, 6) is -0.394. The molecule has 10 heavy (non-hydrogen) atoms. The number of carbonyl (C=O) groups excluding carboxylic acids is 2. The van der Waals surface area contributed by atoms with E-state index in [2.05, 4.69) is 5.32 Å². The number of rotatable bonds is 4. The standard InChI is InChI=1S/C5H11N3O2/c6-3-4(7)5(10)8-1-2-9/h2,4H,1,3,6-7H2,(H,8,10)/t4-/m0/s1. The normalized spacial score (nSPS) is 12.2. The van der Waals surface area contributed by atoms with Crippen molar-refractivity contribution >= 4 is 12.2 Å². The Bertz CT molecular complexity index is 126. The lowest BCUT2D eigenvalue weighted by Gasteiger charge is -2.06. The SMILES string of the molecule is NC[C@H](N)C(=O)NCC=O. The maximum Gasteiger partial charge on any atom is 0.238 e. The van der Waals surface area contributed by atoms with Crippen LogP contribution in [0.4, 0.5) is 0 Å². The number of hydrogen-bond acceptors (Lipinski definition) is 4. The lowest BCUT2D eigenvalue weighted by Crippen LogP contribution is -2.45. The Kier molecular flexibility index (Phi) is 4.43. The molecule has 0 aromatic heterocycles. The van der Waals surface area contributed by atoms with Crippen LogP contribution in [0.15, 0.2) is 0 Å². The van der Waals surface area contributed by atoms with Crippen molar-refractivity contribution in [2.24, 2.45) is 11.5 Å². The van der Waals surface area contributed by atoms with E-state index in [1.807, 2.05) is 0 Å². The van der Waals surface area contributed by atoms with Crippen LogP contribution in [0.2, 0.25) is 0 Å². The summed E-state index contributed by atoms with van der Waals surface area (Å²) in [7, 11) is 0. The summed E-state index contributed by atoms with van der Waals surface area (Å²) in [6.07, 6.45) is 0.584. The molecule has 0 spiro atoms. The van der Waals surface area contributed by atoms with Crippen molar-refractivity contribution in [3.8, 4) is 0 Å². The van der Waals surface area contributed by atoms with E-state index in [0.29, 0.717) is 6.29 Å². The zero-order valence-electron chi connectivity index (χ0n) is 5.54. The van der Waals surface area contributed by atoms with E-state index < -0.39 is 11.9 Å². The van der Waals surface area contributed by atoms with Gasteiger partial charge in [0.05, 0.1) is 12.6 Å². The van der Waals surface area contributed by atoms with Gasteiger partial charge in [0.15, 0.2) is 0 Å². The summed E-state index contributed by atoms with van der Waals surface area (Å²) in [6.45, 7) is 0.0806. The van der Waals surface area contributed by atoms with Gasteiger partial charge < -0.3 is 21.6 Å². The second kappa shape index (κ2) is 4.89. The summed E-state index contributed by atoms with van der Waals surface area (Å²) < 4.78 is 0. The van der Waals surface area contributed by atoms with E-state index in [4.69, 9.17) is 11.5 Å². The van der Waals surface area contributed by atoms with Crippen LogP contribution in [-0.2, 0) is 9.59 Å². The lowest BCUT2D eigenvalue weighted by molar-refractivity contribution is -0.123. The summed E-state index contributed by atoms with van der Waals surface area (Å²) in [5.41, 5.74) is 10.3. The van der Waals surface area contributed by atoms with Crippen molar-refractivity contribution in [3.05, 3.63) is 0 Å². The van der Waals surface area contributed by atoms with E-state index in [1.54, 1.807) is 0 Å². The molecule has 1 atom stereocenters. The lowest BCUT2D eigenvalue weighted by atomic mass is 10.3. The second-order valence-corrected chi connectivity index (χ2v) is 1.75. The van der Waals surface area contributed by atoms with Gasteiger partial charge in [-0.3, -0.25) is 4.79 Å². The van der Waals surface area contributed by atoms with Crippen molar-refractivity contribution in [2.75, 3.05) is 13.1 Å². The van der Waals surface area contributed by atoms with Gasteiger partial charge in [0.25, 0.3) is 0 Å². The molecule has 0 radical (unpaired) electrons. The minimum absolute atomic E-state index is 0.00741. The molecule has 0 rings (SSSR count). The maximum absolute atomic E-state index is 10.7. The zero-order chi connectivity index (χ0) is 7.98. The van der Waals surface area contributed by atoms with Gasteiger partial charge in [-0.1, -0.05) is 0 Å². The van der Waals surface area contributed by atoms with E-state index in [9.17, 15) is 9.59 Å². The van der Waals surface area contributed by atoms with Crippen molar-refractivity contribution in [3.63, 3.8) is 0 Å². The molecular formula is C5H11N3O2. The van der Waals surface area contributed by atoms with Crippen LogP contribution in [0.3, 0.4) is 0 Å². The third-order valence-electron chi connectivity index (χ3n) is 0.950. The quantitative estimate of drug-likeness (QED) is 0.384. The van der Waals surface area contributed by atoms with Crippen LogP contribution >= 0.6 is 0 Å². The molecule has 0 aliphatic heterocycles. The Morgan fingerprint density at radius 2 is 2.30 bits per heavy atom. The highest BCUT2D eigenvalue weighted by Crippen LogP contribution is 1.71. The fraction of sp³-hybridized carbons (Fsp3) is 0.600. The third kappa shape index (κ3) is 3.16. The summed E-state index contributed by atoms with van der Waals surface area (Å²) in [6, 6.07) is -0.708. The van der Waals surface area contributed by atoms with Gasteiger partial charge in [0, 0.05) is 6.54 Å². The predicted molar refractivity (Wildman–Crippen MR) is 36.1 cm³/mol. The first-order chi connectivity index (χ1) is 4.72. The van der Waals surface area contributed by atoms with Gasteiger partial charge in [-0.25, -0.2) is 0 Å². The third-order valence-corrected chi connectivity index (χ3v) is 0.950. The van der Waals surface area contributed by atoms with Crippen molar-refractivity contribution in [1.82, 2.24) is 5.32 Å². The van der Waals surface area contributed by atoms with Crippen LogP contribution in [0.5, 0.6) is 0 Å². The zero-order valence-corrected chi connectivity index (χ0v) is 5.54. The van der Waals surface area contributed by atoms with Gasteiger partial charge in [-0.15, -0.1) is 0 Å². The molecule has 0 aliphatic rings. The summed E-state index contributed by atoms with van der Waals surface area (Å²) >= 11 is 0. The second-order valence-electron chi connectivity index (χ2n) is 1.75. The summed E-state index contributed by atoms with van der Waals surface area (Å²) in [5, 5.41) is 2.27. The molecule has 0 aliphatic carbocycles. The maximum atomic E-state index is 10.7. The Hall–Kier alpha value is -0.940. The Morgan fingerprint density at radius 3 is 2.70 bits per heavy atom. The molecule has 1 amide bonds. The fourth-order valence-electron chi connectivity index (χ4n) is 0.380. The number of hydrogen-bond donors (Lipinski definition) is 3. The first-order valence-electron chi connectivity index (χ1n) is 2.89. The average Bonchev–Trinajstić information content (AvgIpc) is 1.98. The van der Waals surface area contributed by atoms with E-state index >= 15 is 0 Å². The van der Waals surface area contributed by atoms with Gasteiger partial charge >= 0.3 is 0 Å². The van der Waals surface area contributed by atoms with Crippen LogP contribution in [-0.4, -0.2) is 31.3 Å². The molecule has 5 N–H and O–H groups in total. The van der Waals surface area contributed by atoms with E-state index in [-0.39, 0.29) is 13.1 Å². The average molecular weight is 145 g/mol. The number of amides is 1. The minimum Gasteiger partial charge on any atom is -0.348 e. The Labute approximate surface area is 58.8 Å². The Balaban J connectivity index is 3.51. The van der Waals surface area contributed by atoms with Crippen molar-refractivity contribution < 1.29 is 9.59 Å². The number of carbonyl (C=O) groups is 2. The summed E-state index contributed by atoms with van der Waals surface area (Å²) in [4.78, 5) is 20.4. The number of aldehydes is 1. The number of nitrogens with one attached hydrogen (secondary N) is 1. The van der Waals surface area contributed by atoms with E-state index in [0.717, 1.165) is 0 Å². The molecule has 0 fully saturated rings. The van der Waals surface area contributed by atoms with Crippen LogP contribution < -0.4 is 16.8 Å². The first kappa shape index (κ1) is 9.06. The highest BCUT2D eigenvalue weighted by Gasteiger charge is 2.08. The van der Waals surface area contributed by atoms with Gasteiger partial charge in [0.2, 0.25) is 5.91 Å². The molecule has 0 aromatic rings. The van der Waals surface area contributed by atoms with Crippen LogP contribution in [0.1, 0.15) is 0 Å². The van der Waals surface area contributed by atoms with Crippen molar-refractivity contribution in [1.29, 1.82) is 0 Å². The molecule has 0 bridgehead atoms. The van der Waals surface area contributed by atoms with Gasteiger partial charge in [-0.2, -0.15) is 0 Å². The molecule has 0 heterocycles. The Morgan fingerprint density at radius 1 is 1.70 bits per heavy atom. The molecule has 5 heteroatoms. The van der Waals surface area contributed by atoms with Crippen molar-refractivity contribution in [2.45, 2.75) is 6.04 Å². The topological polar surface area (TPSA) is 98.2 Å². The van der Waals surface area contributed by atoms with Crippen LogP contribution in [0, 0.1) is 0 Å². The number of nitrogens with two attached hydrogens (primary N) is 2. The largest absolute Gasteiger partial charge is 0.348 e. The molecular weight excluding hydrogens is 134 g/mol.